The van der Waals surface area contributed by atoms with Crippen molar-refractivity contribution in [2.75, 3.05) is 18.9 Å². The van der Waals surface area contributed by atoms with Crippen LogP contribution in [0.5, 0.6) is 0 Å². The average molecular weight is 624 g/mol. The van der Waals surface area contributed by atoms with E-state index < -0.39 is 66.1 Å². The van der Waals surface area contributed by atoms with E-state index >= 15 is 0 Å². The number of primary amides is 1. The number of rotatable bonds is 16. The number of nitrogens with two attached hydrogens (primary N) is 2. The van der Waals surface area contributed by atoms with Crippen molar-refractivity contribution in [2.24, 2.45) is 28.3 Å². The molecular formula is C26H41N9O7S. The van der Waals surface area contributed by atoms with E-state index in [1.807, 2.05) is 13.8 Å². The molecule has 9 N–H and O–H groups in total. The third-order valence-corrected chi connectivity index (χ3v) is 7.78. The average Bonchev–Trinajstić information content (AvgIpc) is 3.62. The van der Waals surface area contributed by atoms with Crippen molar-refractivity contribution in [1.82, 2.24) is 25.8 Å². The molecule has 2 heterocycles. The van der Waals surface area contributed by atoms with Crippen LogP contribution in [0.4, 0.5) is 5.13 Å². The van der Waals surface area contributed by atoms with Crippen LogP contribution in [0.3, 0.4) is 0 Å². The summed E-state index contributed by atoms with van der Waals surface area (Å²) >= 11 is 0.913. The van der Waals surface area contributed by atoms with Crippen LogP contribution in [0.2, 0.25) is 0 Å². The van der Waals surface area contributed by atoms with Crippen molar-refractivity contribution >= 4 is 58.3 Å². The monoisotopic (exact) mass is 623 g/mol. The first-order valence-electron chi connectivity index (χ1n) is 13.8. The van der Waals surface area contributed by atoms with Crippen molar-refractivity contribution in [3.8, 4) is 0 Å². The van der Waals surface area contributed by atoms with Crippen LogP contribution in [-0.2, 0) is 24.0 Å². The second-order valence-corrected chi connectivity index (χ2v) is 11.6. The molecule has 2 unspecified atom stereocenters. The predicted molar refractivity (Wildman–Crippen MR) is 159 cm³/mol. The lowest BCUT2D eigenvalue weighted by Gasteiger charge is -2.35. The molecule has 0 bridgehead atoms. The number of hydrogen-bond acceptors (Lipinski definition) is 11. The quantitative estimate of drug-likeness (QED) is 0.117. The Hall–Kier alpha value is -4.12. The molecule has 2 rings (SSSR count). The van der Waals surface area contributed by atoms with Gasteiger partial charge in [0.2, 0.25) is 23.6 Å². The van der Waals surface area contributed by atoms with Crippen LogP contribution in [0.15, 0.2) is 10.4 Å². The van der Waals surface area contributed by atoms with Crippen LogP contribution < -0.4 is 32.7 Å². The van der Waals surface area contributed by atoms with Crippen LogP contribution in [0, 0.1) is 11.8 Å². The van der Waals surface area contributed by atoms with Gasteiger partial charge in [-0.15, -0.1) is 11.3 Å². The van der Waals surface area contributed by atoms with Crippen LogP contribution in [-0.4, -0.2) is 101 Å². The Kier molecular flexibility index (Phi) is 13.0. The topological polar surface area (TPSA) is 251 Å². The number of nitrogens with zero attached hydrogens (tertiary/aromatic N) is 3. The molecule has 17 heteroatoms. The maximum atomic E-state index is 13.7. The van der Waals surface area contributed by atoms with Gasteiger partial charge in [-0.05, 0) is 18.3 Å². The minimum Gasteiger partial charge on any atom is -0.480 e. The molecule has 0 fully saturated rings. The Morgan fingerprint density at radius 2 is 1.84 bits per heavy atom. The fourth-order valence-corrected chi connectivity index (χ4v) is 5.11. The van der Waals surface area contributed by atoms with E-state index in [0.717, 1.165) is 11.3 Å². The Labute approximate surface area is 253 Å². The number of aliphatic carboxylic acids is 1. The van der Waals surface area contributed by atoms with Crippen LogP contribution in [0.1, 0.15) is 57.4 Å². The summed E-state index contributed by atoms with van der Waals surface area (Å²) in [6, 6.07) is -4.39. The number of thiazole rings is 1. The number of hydrogen-bond donors (Lipinski definition) is 7. The van der Waals surface area contributed by atoms with E-state index in [1.54, 1.807) is 20.2 Å². The molecule has 43 heavy (non-hydrogen) atoms. The zero-order valence-corrected chi connectivity index (χ0v) is 25.6. The SMILES string of the molecule is CC[C@@H](C)C(NC(=O)[C@H](N)CC1CN=CN1)C(=O)N(C)[C@H](C(=O)Nc1nc(C(=O)N[C@@H](CC(N)=O)C(=O)O)cs1)C(C)C. The number of aromatic nitrogens is 1. The standard InChI is InChI=1S/C26H41N9O7S/c1-6-13(4)19(33-21(37)15(27)7-14-9-29-11-30-14)24(40)35(5)20(12(2)3)23(39)34-26-32-17(10-43-26)22(38)31-16(25(41)42)8-18(28)36/h10-16,19-20H,6-9,27H2,1-5H3,(H2,28,36)(H,29,30)(H,31,38)(H,33,37)(H,41,42)(H,32,34,39)/t13-,14?,15-,16+,19?,20+/m1/s1. The zero-order valence-electron chi connectivity index (χ0n) is 24.8. The van der Waals surface area contributed by atoms with Crippen molar-refractivity contribution in [3.63, 3.8) is 0 Å². The third kappa shape index (κ3) is 9.99. The first kappa shape index (κ1) is 35.1. The Balaban J connectivity index is 2.13. The number of nitrogens with one attached hydrogen (secondary N) is 4. The van der Waals surface area contributed by atoms with Crippen LogP contribution >= 0.6 is 11.3 Å². The van der Waals surface area contributed by atoms with Crippen molar-refractivity contribution < 1.29 is 33.9 Å². The van der Waals surface area contributed by atoms with E-state index in [9.17, 15) is 33.9 Å². The van der Waals surface area contributed by atoms with Crippen molar-refractivity contribution in [2.45, 2.75) is 77.2 Å². The smallest absolute Gasteiger partial charge is 0.326 e. The van der Waals surface area contributed by atoms with Gasteiger partial charge in [-0.2, -0.15) is 0 Å². The molecule has 1 aliphatic rings. The van der Waals surface area contributed by atoms with Gasteiger partial charge < -0.3 is 42.7 Å². The number of carboxylic acids is 1. The van der Waals surface area contributed by atoms with Crippen molar-refractivity contribution in [1.29, 1.82) is 0 Å². The van der Waals surface area contributed by atoms with Gasteiger partial charge in [0.05, 0.1) is 25.3 Å². The van der Waals surface area contributed by atoms with Gasteiger partial charge in [0.15, 0.2) is 5.13 Å². The Bertz CT molecular complexity index is 1210. The van der Waals surface area contributed by atoms with E-state index in [4.69, 9.17) is 11.5 Å². The maximum absolute atomic E-state index is 13.7. The number of carbonyl (C=O) groups excluding carboxylic acids is 5. The van der Waals surface area contributed by atoms with E-state index in [0.29, 0.717) is 19.4 Å². The van der Waals surface area contributed by atoms with Gasteiger partial charge >= 0.3 is 5.97 Å². The molecule has 1 aromatic rings. The maximum Gasteiger partial charge on any atom is 0.326 e. The molecular weight excluding hydrogens is 582 g/mol. The largest absolute Gasteiger partial charge is 0.480 e. The number of carboxylic acid groups (broad SMARTS) is 1. The fraction of sp³-hybridized carbons (Fsp3) is 0.615. The number of carbonyl (C=O) groups is 6. The number of aliphatic imine (C=N–C) groups is 1. The van der Waals surface area contributed by atoms with E-state index in [-0.39, 0.29) is 28.7 Å². The third-order valence-electron chi connectivity index (χ3n) is 7.02. The molecule has 238 valence electrons. The van der Waals surface area contributed by atoms with Gasteiger partial charge in [-0.1, -0.05) is 34.1 Å². The summed E-state index contributed by atoms with van der Waals surface area (Å²) < 4.78 is 0. The molecule has 0 spiro atoms. The molecule has 6 atom stereocenters. The number of likely N-dealkylation sites (N-methyl/N-ethyl adjacent to an activating group) is 1. The minimum atomic E-state index is -1.54. The lowest BCUT2D eigenvalue weighted by molar-refractivity contribution is -0.143. The van der Waals surface area contributed by atoms with Crippen LogP contribution in [0.25, 0.3) is 0 Å². The molecule has 5 amide bonds. The molecule has 0 saturated heterocycles. The molecule has 1 aliphatic heterocycles. The first-order chi connectivity index (χ1) is 20.2. The highest BCUT2D eigenvalue weighted by Crippen LogP contribution is 2.20. The lowest BCUT2D eigenvalue weighted by atomic mass is 9.94. The first-order valence-corrected chi connectivity index (χ1v) is 14.7. The molecule has 0 saturated carbocycles. The van der Waals surface area contributed by atoms with Crippen molar-refractivity contribution in [3.05, 3.63) is 11.1 Å². The van der Waals surface area contributed by atoms with E-state index in [1.165, 1.54) is 17.3 Å². The summed E-state index contributed by atoms with van der Waals surface area (Å²) in [6.07, 6.45) is 1.86. The molecule has 1 aromatic heterocycles. The zero-order chi connectivity index (χ0) is 32.4. The summed E-state index contributed by atoms with van der Waals surface area (Å²) in [5.41, 5.74) is 11.0. The molecule has 16 nitrogen and oxygen atoms in total. The Morgan fingerprint density at radius 3 is 2.37 bits per heavy atom. The summed E-state index contributed by atoms with van der Waals surface area (Å²) in [7, 11) is 1.47. The fourth-order valence-electron chi connectivity index (χ4n) is 4.42. The Morgan fingerprint density at radius 1 is 1.16 bits per heavy atom. The summed E-state index contributed by atoms with van der Waals surface area (Å²) in [4.78, 5) is 84.3. The molecule has 0 aliphatic carbocycles. The highest BCUT2D eigenvalue weighted by Gasteiger charge is 2.37. The summed E-state index contributed by atoms with van der Waals surface area (Å²) in [5.74, 6) is -5.39. The summed E-state index contributed by atoms with van der Waals surface area (Å²) in [6.45, 7) is 7.71. The molecule has 0 aromatic carbocycles. The normalized spacial score (nSPS) is 17.6. The minimum absolute atomic E-state index is 0.0330. The molecule has 0 radical (unpaired) electrons. The number of anilines is 1. The van der Waals surface area contributed by atoms with Gasteiger partial charge in [-0.25, -0.2) is 9.78 Å². The second kappa shape index (κ2) is 15.9. The predicted octanol–water partition coefficient (Wildman–Crippen LogP) is -1.13. The van der Waals surface area contributed by atoms with Gasteiger partial charge in [0.25, 0.3) is 5.91 Å². The number of amides is 5. The highest BCUT2D eigenvalue weighted by atomic mass is 32.1. The van der Waals surface area contributed by atoms with Gasteiger partial charge in [0, 0.05) is 18.5 Å². The summed E-state index contributed by atoms with van der Waals surface area (Å²) in [5, 5.41) is 21.1. The van der Waals surface area contributed by atoms with E-state index in [2.05, 4.69) is 31.2 Å². The van der Waals surface area contributed by atoms with Gasteiger partial charge in [0.1, 0.15) is 23.8 Å². The second-order valence-electron chi connectivity index (χ2n) is 10.8. The highest BCUT2D eigenvalue weighted by molar-refractivity contribution is 7.14. The lowest BCUT2D eigenvalue weighted by Crippen LogP contribution is -2.58. The van der Waals surface area contributed by atoms with Gasteiger partial charge in [-0.3, -0.25) is 29.0 Å².